The Morgan fingerprint density at radius 1 is 0.654 bits per heavy atom. The third kappa shape index (κ3) is 7.72. The normalized spacial score (nSPS) is 9.73. The topological polar surface area (TPSA) is 59.7 Å². The first-order valence-corrected chi connectivity index (χ1v) is 7.24. The Labute approximate surface area is 169 Å². The van der Waals surface area contributed by atoms with Crippen LogP contribution in [0, 0.1) is 20.0 Å². The number of hydrogen-bond donors (Lipinski definition) is 0. The molecule has 0 spiro atoms. The Morgan fingerprint density at radius 2 is 1.08 bits per heavy atom. The molecule has 0 radical (unpaired) electrons. The molecule has 1 aliphatic carbocycles. The van der Waals surface area contributed by atoms with Gasteiger partial charge in [0.2, 0.25) is 0 Å². The van der Waals surface area contributed by atoms with Crippen LogP contribution in [0.5, 0.6) is 0 Å². The second-order valence-corrected chi connectivity index (χ2v) is 4.86. The Balaban J connectivity index is 0. The van der Waals surface area contributed by atoms with Crippen LogP contribution in [0.1, 0.15) is 11.1 Å². The molecule has 0 aliphatic heterocycles. The quantitative estimate of drug-likeness (QED) is 0.494. The van der Waals surface area contributed by atoms with Crippen molar-refractivity contribution in [1.82, 2.24) is 0 Å². The van der Waals surface area contributed by atoms with Crippen molar-refractivity contribution >= 4 is 17.2 Å². The van der Waals surface area contributed by atoms with Crippen LogP contribution in [0.2, 0.25) is 5.02 Å². The number of benzene rings is 2. The van der Waals surface area contributed by atoms with E-state index < -0.39 is 0 Å². The van der Waals surface area contributed by atoms with E-state index >= 15 is 0 Å². The van der Waals surface area contributed by atoms with Gasteiger partial charge in [-0.2, -0.15) is 0 Å². The molecule has 0 aromatic heterocycles. The van der Waals surface area contributed by atoms with Crippen LogP contribution in [0.25, 0.3) is 5.57 Å². The summed E-state index contributed by atoms with van der Waals surface area (Å²) in [5.74, 6) is 0. The van der Waals surface area contributed by atoms with E-state index in [-0.39, 0.29) is 17.4 Å². The maximum Gasteiger partial charge on any atom is 0 e. The molecule has 0 heterocycles. The van der Waals surface area contributed by atoms with Crippen molar-refractivity contribution in [3.8, 4) is 0 Å². The van der Waals surface area contributed by atoms with Gasteiger partial charge >= 0.3 is 33.9 Å². The molecular weight excluding hydrogens is 388 g/mol. The van der Waals surface area contributed by atoms with Crippen LogP contribution in [0.3, 0.4) is 0 Å². The molecule has 0 fully saturated rings. The zero-order valence-electron chi connectivity index (χ0n) is 13.5. The minimum atomic E-state index is 0. The summed E-state index contributed by atoms with van der Waals surface area (Å²) >= 11 is 5.98. The molecule has 0 saturated carbocycles. The molecule has 0 N–H and O–H groups in total. The molecule has 0 bridgehead atoms. The van der Waals surface area contributed by atoms with Gasteiger partial charge in [-0.05, 0) is 34.4 Å². The first-order valence-electron chi connectivity index (χ1n) is 6.86. The Morgan fingerprint density at radius 3 is 1.54 bits per heavy atom. The van der Waals surface area contributed by atoms with Gasteiger partial charge in [0.25, 0.3) is 0 Å². The van der Waals surface area contributed by atoms with Crippen LogP contribution in [0.15, 0.2) is 84.5 Å². The van der Waals surface area contributed by atoms with Crippen molar-refractivity contribution in [2.24, 2.45) is 0 Å². The van der Waals surface area contributed by atoms with E-state index in [9.17, 15) is 0 Å². The minimum absolute atomic E-state index is 0. The van der Waals surface area contributed by atoms with Gasteiger partial charge in [0, 0.05) is 22.4 Å². The van der Waals surface area contributed by atoms with Gasteiger partial charge in [0.1, 0.15) is 0 Å². The van der Waals surface area contributed by atoms with E-state index in [0.29, 0.717) is 0 Å². The van der Waals surface area contributed by atoms with Gasteiger partial charge in [-0.15, -0.1) is 0 Å². The predicted molar refractivity (Wildman–Crippen MR) is 94.0 cm³/mol. The zero-order valence-corrected chi connectivity index (χ0v) is 15.5. The summed E-state index contributed by atoms with van der Waals surface area (Å²) in [6.07, 6.45) is 8.40. The summed E-state index contributed by atoms with van der Waals surface area (Å²) in [5, 5.41) is 0.763. The van der Waals surface area contributed by atoms with Crippen LogP contribution >= 0.6 is 11.6 Å². The molecule has 0 atom stereocenters. The summed E-state index contributed by atoms with van der Waals surface area (Å²) < 4.78 is 22.5. The fourth-order valence-corrected chi connectivity index (χ4v) is 2.39. The maximum atomic E-state index is 7.50. The number of allylic oxidation sites excluding steroid dienone is 5. The molecule has 26 heavy (non-hydrogen) atoms. The van der Waals surface area contributed by atoms with E-state index in [0.717, 1.165) is 5.02 Å². The zero-order chi connectivity index (χ0) is 19.1. The van der Waals surface area contributed by atoms with Crippen molar-refractivity contribution < 1.29 is 31.3 Å². The SMILES string of the molecule is Clc1ccc(C(=C2C=CC=C2)c2ccccc2)cc1.[C-]#[O+].[C-]#[O+].[C-]#[O+].[Cr]. The van der Waals surface area contributed by atoms with Crippen molar-refractivity contribution in [2.45, 2.75) is 0 Å². The second-order valence-electron chi connectivity index (χ2n) is 4.42. The first-order chi connectivity index (χ1) is 12.3. The third-order valence-electron chi connectivity index (χ3n) is 3.15. The number of hydrogen-bond acceptors (Lipinski definition) is 0. The number of halogens is 1. The summed E-state index contributed by atoms with van der Waals surface area (Å²) in [5.41, 5.74) is 4.87. The van der Waals surface area contributed by atoms with E-state index in [4.69, 9.17) is 25.6 Å². The van der Waals surface area contributed by atoms with Crippen LogP contribution in [0.4, 0.5) is 0 Å². The van der Waals surface area contributed by atoms with Crippen LogP contribution in [-0.4, -0.2) is 0 Å². The monoisotopic (exact) mass is 400 g/mol. The minimum Gasteiger partial charge on any atom is 0 e. The third-order valence-corrected chi connectivity index (χ3v) is 3.40. The molecule has 0 saturated heterocycles. The van der Waals surface area contributed by atoms with Crippen molar-refractivity contribution in [2.75, 3.05) is 0 Å². The molecule has 2 aromatic carbocycles. The van der Waals surface area contributed by atoms with E-state index in [2.05, 4.69) is 80.7 Å². The Bertz CT molecular complexity index is 770. The van der Waals surface area contributed by atoms with E-state index in [1.165, 1.54) is 22.3 Å². The van der Waals surface area contributed by atoms with E-state index in [1.807, 2.05) is 18.2 Å². The van der Waals surface area contributed by atoms with Gasteiger partial charge < -0.3 is 0 Å². The predicted octanol–water partition coefficient (Wildman–Crippen LogP) is 5.15. The summed E-state index contributed by atoms with van der Waals surface area (Å²) in [6, 6.07) is 18.4. The van der Waals surface area contributed by atoms with E-state index in [1.54, 1.807) is 0 Å². The van der Waals surface area contributed by atoms with Gasteiger partial charge in [0.05, 0.1) is 0 Å². The van der Waals surface area contributed by atoms with Crippen molar-refractivity contribution in [3.63, 3.8) is 0 Å². The molecule has 128 valence electrons. The standard InChI is InChI=1S/C18H13Cl.3CO.Cr/c19-17-12-10-16(11-13-17)18(15-8-4-5-9-15)14-6-2-1-3-7-14;3*1-2;/h1-13H;;;;. The summed E-state index contributed by atoms with van der Waals surface area (Å²) in [6.45, 7) is 13.5. The Kier molecular flexibility index (Phi) is 16.1. The first kappa shape index (κ1) is 25.9. The fraction of sp³-hybridized carbons (Fsp3) is 0. The van der Waals surface area contributed by atoms with Crippen molar-refractivity contribution in [3.05, 3.63) is 121 Å². The maximum absolute atomic E-state index is 7.50. The van der Waals surface area contributed by atoms with Gasteiger partial charge in [-0.3, -0.25) is 0 Å². The molecule has 2 aromatic rings. The molecule has 3 nitrogen and oxygen atoms in total. The average molecular weight is 401 g/mol. The van der Waals surface area contributed by atoms with Crippen molar-refractivity contribution in [1.29, 1.82) is 0 Å². The van der Waals surface area contributed by atoms with Crippen LogP contribution in [-0.2, 0) is 31.3 Å². The smallest absolute Gasteiger partial charge is 0 e. The molecule has 0 unspecified atom stereocenters. The molecule has 1 aliphatic rings. The summed E-state index contributed by atoms with van der Waals surface area (Å²) in [7, 11) is 0. The molecule has 3 rings (SSSR count). The van der Waals surface area contributed by atoms with Gasteiger partial charge in [-0.25, -0.2) is 0 Å². The van der Waals surface area contributed by atoms with Gasteiger partial charge in [-0.1, -0.05) is 78.4 Å². The Hall–Kier alpha value is -2.30. The molecule has 0 amide bonds. The number of rotatable bonds is 2. The fourth-order valence-electron chi connectivity index (χ4n) is 2.26. The molecular formula is C21H13ClCrO3. The largest absolute Gasteiger partial charge is 0 e. The average Bonchev–Trinajstić information content (AvgIpc) is 3.23. The second kappa shape index (κ2) is 16.2. The van der Waals surface area contributed by atoms with Crippen LogP contribution < -0.4 is 0 Å². The van der Waals surface area contributed by atoms with Gasteiger partial charge in [0.15, 0.2) is 0 Å². The summed E-state index contributed by atoms with van der Waals surface area (Å²) in [4.78, 5) is 0. The molecule has 5 heteroatoms.